The third kappa shape index (κ3) is 4.83. The number of amides is 2. The Bertz CT molecular complexity index is 1190. The van der Waals surface area contributed by atoms with Gasteiger partial charge in [-0.25, -0.2) is 0 Å². The Morgan fingerprint density at radius 2 is 1.70 bits per heavy atom. The Labute approximate surface area is 197 Å². The SMILES string of the molecule is COc1cc(OC)cc(C(=O)Nc2cccc([C@@H]3SCC(=O)N3c3ccc(C)c(C)c3)c2)c1. The zero-order valence-electron chi connectivity index (χ0n) is 19.0. The van der Waals surface area contributed by atoms with Gasteiger partial charge >= 0.3 is 0 Å². The van der Waals surface area contributed by atoms with E-state index in [4.69, 9.17) is 9.47 Å². The summed E-state index contributed by atoms with van der Waals surface area (Å²) in [5, 5.41) is 2.79. The van der Waals surface area contributed by atoms with Crippen LogP contribution in [0.2, 0.25) is 0 Å². The van der Waals surface area contributed by atoms with Crippen LogP contribution in [0, 0.1) is 13.8 Å². The molecule has 0 aromatic heterocycles. The van der Waals surface area contributed by atoms with Gasteiger partial charge in [-0.2, -0.15) is 0 Å². The second-order valence-electron chi connectivity index (χ2n) is 7.88. The summed E-state index contributed by atoms with van der Waals surface area (Å²) in [4.78, 5) is 27.5. The summed E-state index contributed by atoms with van der Waals surface area (Å²) in [6, 6.07) is 18.7. The molecule has 170 valence electrons. The number of carbonyl (C=O) groups excluding carboxylic acids is 2. The Morgan fingerprint density at radius 1 is 0.970 bits per heavy atom. The molecule has 0 radical (unpaired) electrons. The molecule has 0 bridgehead atoms. The molecule has 3 aromatic rings. The van der Waals surface area contributed by atoms with Crippen LogP contribution >= 0.6 is 11.8 Å². The van der Waals surface area contributed by atoms with Gasteiger partial charge in [-0.05, 0) is 66.9 Å². The van der Waals surface area contributed by atoms with E-state index in [1.165, 1.54) is 5.56 Å². The van der Waals surface area contributed by atoms with Gasteiger partial charge in [0.25, 0.3) is 5.91 Å². The summed E-state index contributed by atoms with van der Waals surface area (Å²) in [7, 11) is 3.09. The van der Waals surface area contributed by atoms with Crippen LogP contribution in [0.15, 0.2) is 60.7 Å². The maximum atomic E-state index is 12.9. The number of thioether (sulfide) groups is 1. The molecule has 7 heteroatoms. The number of carbonyl (C=O) groups is 2. The van der Waals surface area contributed by atoms with Gasteiger partial charge in [0.1, 0.15) is 16.9 Å². The van der Waals surface area contributed by atoms with Crippen molar-refractivity contribution in [3.8, 4) is 11.5 Å². The van der Waals surface area contributed by atoms with Crippen LogP contribution in [0.5, 0.6) is 11.5 Å². The largest absolute Gasteiger partial charge is 0.497 e. The normalized spacial score (nSPS) is 15.5. The molecular formula is C26H26N2O4S. The number of nitrogens with zero attached hydrogens (tertiary/aromatic N) is 1. The fourth-order valence-corrected chi connectivity index (χ4v) is 4.90. The average molecular weight is 463 g/mol. The van der Waals surface area contributed by atoms with E-state index < -0.39 is 0 Å². The molecule has 1 heterocycles. The third-order valence-electron chi connectivity index (χ3n) is 5.68. The zero-order chi connectivity index (χ0) is 23.5. The second kappa shape index (κ2) is 9.58. The number of methoxy groups -OCH3 is 2. The van der Waals surface area contributed by atoms with Crippen molar-refractivity contribution < 1.29 is 19.1 Å². The van der Waals surface area contributed by atoms with Crippen LogP contribution < -0.4 is 19.7 Å². The third-order valence-corrected chi connectivity index (χ3v) is 6.89. The minimum atomic E-state index is -0.273. The fraction of sp³-hybridized carbons (Fsp3) is 0.231. The summed E-state index contributed by atoms with van der Waals surface area (Å²) in [5.41, 5.74) is 5.25. The number of ether oxygens (including phenoxy) is 2. The van der Waals surface area contributed by atoms with Crippen molar-refractivity contribution in [2.45, 2.75) is 19.2 Å². The van der Waals surface area contributed by atoms with Crippen LogP contribution in [-0.4, -0.2) is 31.8 Å². The standard InChI is InChI=1S/C26H26N2O4S/c1-16-8-9-21(10-17(16)2)28-24(29)15-33-26(28)18-6-5-7-20(11-18)27-25(30)19-12-22(31-3)14-23(13-19)32-4/h5-14,26H,15H2,1-4H3,(H,27,30)/t26-/m0/s1. The lowest BCUT2D eigenvalue weighted by atomic mass is 10.1. The predicted molar refractivity (Wildman–Crippen MR) is 133 cm³/mol. The van der Waals surface area contributed by atoms with Gasteiger partial charge in [-0.1, -0.05) is 18.2 Å². The lowest BCUT2D eigenvalue weighted by Gasteiger charge is -2.25. The molecule has 2 amide bonds. The van der Waals surface area contributed by atoms with Crippen molar-refractivity contribution in [3.05, 3.63) is 82.9 Å². The number of rotatable bonds is 6. The first kappa shape index (κ1) is 22.7. The first-order valence-corrected chi connectivity index (χ1v) is 11.6. The minimum Gasteiger partial charge on any atom is -0.497 e. The highest BCUT2D eigenvalue weighted by Crippen LogP contribution is 2.42. The van der Waals surface area contributed by atoms with E-state index in [-0.39, 0.29) is 17.2 Å². The molecule has 1 fully saturated rings. The number of hydrogen-bond acceptors (Lipinski definition) is 5. The highest BCUT2D eigenvalue weighted by Gasteiger charge is 2.34. The molecule has 3 aromatic carbocycles. The van der Waals surface area contributed by atoms with E-state index in [1.54, 1.807) is 44.2 Å². The summed E-state index contributed by atoms with van der Waals surface area (Å²) in [5.74, 6) is 1.30. The molecule has 0 spiro atoms. The van der Waals surface area contributed by atoms with Crippen molar-refractivity contribution in [1.29, 1.82) is 0 Å². The number of aryl methyl sites for hydroxylation is 2. The summed E-state index contributed by atoms with van der Waals surface area (Å²) in [6.45, 7) is 4.10. The van der Waals surface area contributed by atoms with E-state index in [9.17, 15) is 9.59 Å². The van der Waals surface area contributed by atoms with E-state index in [2.05, 4.69) is 12.2 Å². The van der Waals surface area contributed by atoms with E-state index >= 15 is 0 Å². The highest BCUT2D eigenvalue weighted by atomic mass is 32.2. The molecule has 4 rings (SSSR count). The van der Waals surface area contributed by atoms with Crippen molar-refractivity contribution in [2.24, 2.45) is 0 Å². The van der Waals surface area contributed by atoms with Crippen LogP contribution in [0.3, 0.4) is 0 Å². The van der Waals surface area contributed by atoms with Crippen LogP contribution in [0.4, 0.5) is 11.4 Å². The van der Waals surface area contributed by atoms with E-state index in [1.807, 2.05) is 54.3 Å². The topological polar surface area (TPSA) is 67.9 Å². The van der Waals surface area contributed by atoms with Gasteiger partial charge in [0, 0.05) is 23.0 Å². The molecule has 0 saturated carbocycles. The van der Waals surface area contributed by atoms with Gasteiger partial charge in [0.2, 0.25) is 5.91 Å². The quantitative estimate of drug-likeness (QED) is 0.535. The molecule has 1 N–H and O–H groups in total. The van der Waals surface area contributed by atoms with Crippen molar-refractivity contribution >= 4 is 35.0 Å². The smallest absolute Gasteiger partial charge is 0.255 e. The number of hydrogen-bond donors (Lipinski definition) is 1. The maximum Gasteiger partial charge on any atom is 0.255 e. The molecule has 6 nitrogen and oxygen atoms in total. The van der Waals surface area contributed by atoms with Gasteiger partial charge in [-0.15, -0.1) is 11.8 Å². The highest BCUT2D eigenvalue weighted by molar-refractivity contribution is 8.00. The molecule has 1 saturated heterocycles. The molecule has 1 aliphatic rings. The molecule has 33 heavy (non-hydrogen) atoms. The summed E-state index contributed by atoms with van der Waals surface area (Å²) in [6.07, 6.45) is 0. The van der Waals surface area contributed by atoms with Gasteiger partial charge in [-0.3, -0.25) is 14.5 Å². The lowest BCUT2D eigenvalue weighted by molar-refractivity contribution is -0.115. The van der Waals surface area contributed by atoms with Gasteiger partial charge in [0.05, 0.1) is 20.0 Å². The Kier molecular flexibility index (Phi) is 6.60. The van der Waals surface area contributed by atoms with Crippen molar-refractivity contribution in [3.63, 3.8) is 0 Å². The number of benzene rings is 3. The second-order valence-corrected chi connectivity index (χ2v) is 8.95. The van der Waals surface area contributed by atoms with E-state index in [0.717, 1.165) is 16.8 Å². The Hall–Kier alpha value is -3.45. The Morgan fingerprint density at radius 3 is 2.36 bits per heavy atom. The summed E-state index contributed by atoms with van der Waals surface area (Å²) >= 11 is 1.58. The van der Waals surface area contributed by atoms with Crippen molar-refractivity contribution in [2.75, 3.05) is 30.2 Å². The molecule has 0 aliphatic carbocycles. The number of anilines is 2. The van der Waals surface area contributed by atoms with Gasteiger partial charge in [0.15, 0.2) is 0 Å². The molecule has 1 aliphatic heterocycles. The number of nitrogens with one attached hydrogen (secondary N) is 1. The summed E-state index contributed by atoms with van der Waals surface area (Å²) < 4.78 is 10.5. The van der Waals surface area contributed by atoms with Gasteiger partial charge < -0.3 is 14.8 Å². The Balaban J connectivity index is 1.59. The average Bonchev–Trinajstić information content (AvgIpc) is 3.22. The minimum absolute atomic E-state index is 0.0752. The van der Waals surface area contributed by atoms with Crippen molar-refractivity contribution in [1.82, 2.24) is 0 Å². The molecular weight excluding hydrogens is 436 g/mol. The fourth-order valence-electron chi connectivity index (χ4n) is 3.74. The zero-order valence-corrected chi connectivity index (χ0v) is 19.9. The maximum absolute atomic E-state index is 12.9. The first-order chi connectivity index (χ1) is 15.9. The monoisotopic (exact) mass is 462 g/mol. The van der Waals surface area contributed by atoms with Crippen LogP contribution in [0.1, 0.15) is 32.4 Å². The molecule has 0 unspecified atom stereocenters. The van der Waals surface area contributed by atoms with Crippen LogP contribution in [0.25, 0.3) is 0 Å². The molecule has 1 atom stereocenters. The predicted octanol–water partition coefficient (Wildman–Crippen LogP) is 5.35. The first-order valence-electron chi connectivity index (χ1n) is 10.5. The van der Waals surface area contributed by atoms with Crippen LogP contribution in [-0.2, 0) is 4.79 Å². The lowest BCUT2D eigenvalue weighted by Crippen LogP contribution is -2.28. The van der Waals surface area contributed by atoms with E-state index in [0.29, 0.717) is 28.5 Å².